The quantitative estimate of drug-likeness (QED) is 0.410. The van der Waals surface area contributed by atoms with Crippen molar-refractivity contribution in [1.82, 2.24) is 15.1 Å². The summed E-state index contributed by atoms with van der Waals surface area (Å²) in [5.74, 6) is -1.73. The first-order chi connectivity index (χ1) is 14.0. The maximum Gasteiger partial charge on any atom is 0.334 e. The predicted molar refractivity (Wildman–Crippen MR) is 105 cm³/mol. The van der Waals surface area contributed by atoms with Crippen LogP contribution in [0.25, 0.3) is 0 Å². The third-order valence-electron chi connectivity index (χ3n) is 5.15. The van der Waals surface area contributed by atoms with Crippen LogP contribution >= 0.6 is 0 Å². The fraction of sp³-hybridized carbons (Fsp3) is 0.429. The van der Waals surface area contributed by atoms with Crippen LogP contribution in [-0.4, -0.2) is 53.8 Å². The average Bonchev–Trinajstić information content (AvgIpc) is 2.94. The molecule has 8 nitrogen and oxygen atoms in total. The highest BCUT2D eigenvalue weighted by molar-refractivity contribution is 6.45. The Morgan fingerprint density at radius 2 is 1.86 bits per heavy atom. The van der Waals surface area contributed by atoms with Gasteiger partial charge in [0, 0.05) is 18.7 Å². The van der Waals surface area contributed by atoms with E-state index >= 15 is 0 Å². The lowest BCUT2D eigenvalue weighted by Crippen LogP contribution is -2.41. The fourth-order valence-corrected chi connectivity index (χ4v) is 3.52. The van der Waals surface area contributed by atoms with Gasteiger partial charge in [0.2, 0.25) is 5.91 Å². The van der Waals surface area contributed by atoms with E-state index in [0.29, 0.717) is 17.1 Å². The SMILES string of the molecule is COc1ccccc1CNC(=O)CN1C(=O)C(=O)N(CCC2=CCCCC2)C1=O. The number of hydrogen-bond donors (Lipinski definition) is 1. The minimum atomic E-state index is -0.958. The Morgan fingerprint density at radius 3 is 2.59 bits per heavy atom. The average molecular weight is 399 g/mol. The van der Waals surface area contributed by atoms with Gasteiger partial charge in [-0.25, -0.2) is 9.69 Å². The molecule has 5 amide bonds. The Bertz CT molecular complexity index is 848. The van der Waals surface area contributed by atoms with Crippen LogP contribution in [-0.2, 0) is 20.9 Å². The van der Waals surface area contributed by atoms with Crippen LogP contribution in [0.1, 0.15) is 37.7 Å². The van der Waals surface area contributed by atoms with Crippen molar-refractivity contribution < 1.29 is 23.9 Å². The highest BCUT2D eigenvalue weighted by Gasteiger charge is 2.44. The first-order valence-corrected chi connectivity index (χ1v) is 9.75. The van der Waals surface area contributed by atoms with Crippen LogP contribution in [0, 0.1) is 0 Å². The van der Waals surface area contributed by atoms with E-state index in [4.69, 9.17) is 4.74 Å². The van der Waals surface area contributed by atoms with Gasteiger partial charge in [-0.15, -0.1) is 0 Å². The van der Waals surface area contributed by atoms with Crippen LogP contribution in [0.4, 0.5) is 4.79 Å². The van der Waals surface area contributed by atoms with E-state index in [9.17, 15) is 19.2 Å². The molecule has 0 atom stereocenters. The molecule has 0 saturated carbocycles. The van der Waals surface area contributed by atoms with Gasteiger partial charge in [0.25, 0.3) is 0 Å². The number of para-hydroxylation sites is 1. The van der Waals surface area contributed by atoms with Crippen molar-refractivity contribution in [1.29, 1.82) is 0 Å². The number of methoxy groups -OCH3 is 1. The molecule has 8 heteroatoms. The molecule has 1 aromatic carbocycles. The van der Waals surface area contributed by atoms with Gasteiger partial charge in [-0.2, -0.15) is 0 Å². The van der Waals surface area contributed by atoms with E-state index < -0.39 is 30.3 Å². The van der Waals surface area contributed by atoms with E-state index in [1.165, 1.54) is 12.7 Å². The van der Waals surface area contributed by atoms with Crippen molar-refractivity contribution in [3.05, 3.63) is 41.5 Å². The minimum absolute atomic E-state index is 0.161. The summed E-state index contributed by atoms with van der Waals surface area (Å²) < 4.78 is 5.22. The molecule has 1 saturated heterocycles. The summed E-state index contributed by atoms with van der Waals surface area (Å²) in [5.41, 5.74) is 1.97. The van der Waals surface area contributed by atoms with Gasteiger partial charge in [-0.1, -0.05) is 29.8 Å². The molecular weight excluding hydrogens is 374 g/mol. The number of imide groups is 2. The van der Waals surface area contributed by atoms with Gasteiger partial charge in [0.15, 0.2) is 0 Å². The summed E-state index contributed by atoms with van der Waals surface area (Å²) in [5, 5.41) is 2.65. The number of carbonyl (C=O) groups is 4. The van der Waals surface area contributed by atoms with Crippen LogP contribution in [0.5, 0.6) is 5.75 Å². The molecule has 3 rings (SSSR count). The number of nitrogens with one attached hydrogen (secondary N) is 1. The van der Waals surface area contributed by atoms with Crippen molar-refractivity contribution in [2.24, 2.45) is 0 Å². The Labute approximate surface area is 169 Å². The zero-order valence-corrected chi connectivity index (χ0v) is 16.5. The number of nitrogens with zero attached hydrogens (tertiary/aromatic N) is 2. The molecule has 1 N–H and O–H groups in total. The molecule has 1 fully saturated rings. The van der Waals surface area contributed by atoms with Gasteiger partial charge in [-0.3, -0.25) is 19.3 Å². The van der Waals surface area contributed by atoms with Crippen molar-refractivity contribution in [3.63, 3.8) is 0 Å². The molecule has 154 valence electrons. The molecule has 1 heterocycles. The molecule has 29 heavy (non-hydrogen) atoms. The number of allylic oxidation sites excluding steroid dienone is 1. The molecule has 0 unspecified atom stereocenters. The zero-order chi connectivity index (χ0) is 20.8. The Kier molecular flexibility index (Phi) is 6.64. The topological polar surface area (TPSA) is 96.0 Å². The third-order valence-corrected chi connectivity index (χ3v) is 5.15. The first-order valence-electron chi connectivity index (χ1n) is 9.75. The summed E-state index contributed by atoms with van der Waals surface area (Å²) >= 11 is 0. The lowest BCUT2D eigenvalue weighted by molar-refractivity contribution is -0.144. The molecule has 1 aliphatic carbocycles. The monoisotopic (exact) mass is 399 g/mol. The number of amides is 5. The van der Waals surface area contributed by atoms with Crippen LogP contribution in [0.2, 0.25) is 0 Å². The summed E-state index contributed by atoms with van der Waals surface area (Å²) in [6.07, 6.45) is 6.93. The standard InChI is InChI=1S/C21H25N3O5/c1-29-17-10-6-5-9-16(17)13-22-18(25)14-24-20(27)19(26)23(21(24)28)12-11-15-7-3-2-4-8-15/h5-7,9-10H,2-4,8,11-14H2,1H3,(H,22,25). The summed E-state index contributed by atoms with van der Waals surface area (Å²) in [6, 6.07) is 6.47. The minimum Gasteiger partial charge on any atom is -0.496 e. The lowest BCUT2D eigenvalue weighted by Gasteiger charge is -2.17. The molecule has 1 aliphatic heterocycles. The Hall–Kier alpha value is -3.16. The van der Waals surface area contributed by atoms with Crippen molar-refractivity contribution >= 4 is 23.8 Å². The number of benzene rings is 1. The van der Waals surface area contributed by atoms with Crippen LogP contribution in [0.15, 0.2) is 35.9 Å². The van der Waals surface area contributed by atoms with Crippen molar-refractivity contribution in [2.75, 3.05) is 20.2 Å². The number of ether oxygens (including phenoxy) is 1. The Morgan fingerprint density at radius 1 is 1.10 bits per heavy atom. The number of hydrogen-bond acceptors (Lipinski definition) is 5. The molecule has 2 aliphatic rings. The lowest BCUT2D eigenvalue weighted by atomic mass is 9.97. The van der Waals surface area contributed by atoms with Crippen molar-refractivity contribution in [2.45, 2.75) is 38.6 Å². The molecule has 0 bridgehead atoms. The molecule has 0 radical (unpaired) electrons. The normalized spacial score (nSPS) is 16.9. The second kappa shape index (κ2) is 9.36. The third kappa shape index (κ3) is 4.82. The van der Waals surface area contributed by atoms with Gasteiger partial charge in [-0.05, 0) is 38.2 Å². The first kappa shape index (κ1) is 20.6. The van der Waals surface area contributed by atoms with Gasteiger partial charge in [0.05, 0.1) is 7.11 Å². The zero-order valence-electron chi connectivity index (χ0n) is 16.5. The van der Waals surface area contributed by atoms with Crippen LogP contribution in [0.3, 0.4) is 0 Å². The number of rotatable bonds is 8. The molecule has 1 aromatic rings. The number of carbonyl (C=O) groups excluding carboxylic acids is 4. The summed E-state index contributed by atoms with van der Waals surface area (Å²) in [7, 11) is 1.53. The summed E-state index contributed by atoms with van der Waals surface area (Å²) in [6.45, 7) is -0.142. The summed E-state index contributed by atoms with van der Waals surface area (Å²) in [4.78, 5) is 50.8. The second-order valence-electron chi connectivity index (χ2n) is 7.08. The van der Waals surface area contributed by atoms with E-state index in [1.807, 2.05) is 12.1 Å². The van der Waals surface area contributed by atoms with Gasteiger partial charge >= 0.3 is 17.8 Å². The maximum absolute atomic E-state index is 12.5. The largest absolute Gasteiger partial charge is 0.496 e. The van der Waals surface area contributed by atoms with Crippen molar-refractivity contribution in [3.8, 4) is 5.75 Å². The highest BCUT2D eigenvalue weighted by atomic mass is 16.5. The fourth-order valence-electron chi connectivity index (χ4n) is 3.52. The second-order valence-corrected chi connectivity index (χ2v) is 7.08. The molecule has 0 spiro atoms. The van der Waals surface area contributed by atoms with Gasteiger partial charge < -0.3 is 10.1 Å². The Balaban J connectivity index is 1.55. The number of urea groups is 1. The van der Waals surface area contributed by atoms with Crippen LogP contribution < -0.4 is 10.1 Å². The smallest absolute Gasteiger partial charge is 0.334 e. The van der Waals surface area contributed by atoms with E-state index in [1.54, 1.807) is 12.1 Å². The predicted octanol–water partition coefficient (Wildman–Crippen LogP) is 1.99. The van der Waals surface area contributed by atoms with E-state index in [2.05, 4.69) is 11.4 Å². The highest BCUT2D eigenvalue weighted by Crippen LogP contribution is 2.22. The van der Waals surface area contributed by atoms with E-state index in [0.717, 1.165) is 36.1 Å². The van der Waals surface area contributed by atoms with Gasteiger partial charge in [0.1, 0.15) is 12.3 Å². The molecule has 0 aromatic heterocycles. The van der Waals surface area contributed by atoms with E-state index in [-0.39, 0.29) is 13.1 Å². The maximum atomic E-state index is 12.5. The molecular formula is C21H25N3O5.